The summed E-state index contributed by atoms with van der Waals surface area (Å²) in [7, 11) is 0. The maximum absolute atomic E-state index is 13.5. The number of aldehydes is 1. The summed E-state index contributed by atoms with van der Waals surface area (Å²) >= 11 is 1.68. The molecule has 8 heteroatoms. The summed E-state index contributed by atoms with van der Waals surface area (Å²) in [5.41, 5.74) is 8.29. The number of carbonyl (C=O) groups is 3. The molecule has 0 aliphatic carbocycles. The number of aryl methyl sites for hydroxylation is 4. The molecule has 3 aromatic carbocycles. The van der Waals surface area contributed by atoms with Crippen molar-refractivity contribution in [3.63, 3.8) is 0 Å². The first-order chi connectivity index (χ1) is 20.1. The fourth-order valence-corrected chi connectivity index (χ4v) is 6.06. The van der Waals surface area contributed by atoms with Gasteiger partial charge in [0.1, 0.15) is 29.8 Å². The average Bonchev–Trinajstić information content (AvgIpc) is 2.96. The van der Waals surface area contributed by atoms with E-state index in [2.05, 4.69) is 29.7 Å². The smallest absolute Gasteiger partial charge is 0.458 e. The summed E-state index contributed by atoms with van der Waals surface area (Å²) < 4.78 is 11.7. The van der Waals surface area contributed by atoms with Crippen molar-refractivity contribution >= 4 is 35.7 Å². The van der Waals surface area contributed by atoms with Crippen LogP contribution in [0, 0.1) is 33.6 Å². The molecule has 0 amide bonds. The molecule has 2 unspecified atom stereocenters. The van der Waals surface area contributed by atoms with Gasteiger partial charge in [-0.05, 0) is 68.5 Å². The molecule has 0 bridgehead atoms. The highest BCUT2D eigenvalue weighted by Gasteiger charge is 2.36. The number of rotatable bonds is 11. The minimum absolute atomic E-state index is 0.0277. The van der Waals surface area contributed by atoms with Gasteiger partial charge in [0.25, 0.3) is 0 Å². The Kier molecular flexibility index (Phi) is 10.6. The number of hydrogen-bond donors (Lipinski definition) is 1. The zero-order valence-corrected chi connectivity index (χ0v) is 25.5. The van der Waals surface area contributed by atoms with Crippen molar-refractivity contribution in [2.45, 2.75) is 64.5 Å². The monoisotopic (exact) mass is 587 g/mol. The quantitative estimate of drug-likeness (QED) is 0.113. The van der Waals surface area contributed by atoms with Crippen LogP contribution < -0.4 is 5.48 Å². The molecule has 4 rings (SSSR count). The molecule has 0 spiro atoms. The average molecular weight is 588 g/mol. The Morgan fingerprint density at radius 1 is 1.02 bits per heavy atom. The molecular weight excluding hydrogens is 550 g/mol. The van der Waals surface area contributed by atoms with Crippen molar-refractivity contribution < 1.29 is 28.7 Å². The van der Waals surface area contributed by atoms with Gasteiger partial charge in [0, 0.05) is 23.0 Å². The lowest BCUT2D eigenvalue weighted by Gasteiger charge is -2.31. The van der Waals surface area contributed by atoms with E-state index in [0.717, 1.165) is 27.1 Å². The maximum Gasteiger partial charge on any atom is 0.533 e. The Labute approximate surface area is 251 Å². The lowest BCUT2D eigenvalue weighted by molar-refractivity contribution is -0.146. The number of cyclic esters (lactones) is 1. The first-order valence-corrected chi connectivity index (χ1v) is 15.0. The van der Waals surface area contributed by atoms with E-state index in [9.17, 15) is 14.4 Å². The van der Waals surface area contributed by atoms with Crippen LogP contribution in [0.4, 0.5) is 4.79 Å². The molecule has 0 fully saturated rings. The molecule has 1 heterocycles. The second-order valence-electron chi connectivity index (χ2n) is 10.8. The molecule has 220 valence electrons. The van der Waals surface area contributed by atoms with Crippen molar-refractivity contribution in [1.29, 1.82) is 0 Å². The van der Waals surface area contributed by atoms with Gasteiger partial charge in [-0.1, -0.05) is 72.6 Å². The zero-order valence-electron chi connectivity index (χ0n) is 24.6. The van der Waals surface area contributed by atoms with Gasteiger partial charge in [0.15, 0.2) is 0 Å². The van der Waals surface area contributed by atoms with Gasteiger partial charge in [-0.25, -0.2) is 9.59 Å². The van der Waals surface area contributed by atoms with Gasteiger partial charge >= 0.3 is 12.1 Å². The number of ether oxygens (including phenoxy) is 2. The molecule has 0 saturated carbocycles. The molecule has 42 heavy (non-hydrogen) atoms. The zero-order chi connectivity index (χ0) is 30.2. The second-order valence-corrected chi connectivity index (χ2v) is 11.9. The highest BCUT2D eigenvalue weighted by atomic mass is 32.2. The van der Waals surface area contributed by atoms with E-state index in [4.69, 9.17) is 14.3 Å². The topological polar surface area (TPSA) is 90.9 Å². The minimum Gasteiger partial charge on any atom is -0.458 e. The number of benzene rings is 3. The Hall–Kier alpha value is -3.88. The third-order valence-corrected chi connectivity index (χ3v) is 8.48. The van der Waals surface area contributed by atoms with Crippen LogP contribution in [0.15, 0.2) is 77.4 Å². The van der Waals surface area contributed by atoms with Crippen LogP contribution in [0.3, 0.4) is 0 Å². The van der Waals surface area contributed by atoms with Gasteiger partial charge in [0.2, 0.25) is 0 Å². The van der Waals surface area contributed by atoms with Crippen molar-refractivity contribution in [3.8, 4) is 0 Å². The van der Waals surface area contributed by atoms with Gasteiger partial charge in [-0.15, -0.1) is 17.2 Å². The van der Waals surface area contributed by atoms with E-state index in [0.29, 0.717) is 24.0 Å². The summed E-state index contributed by atoms with van der Waals surface area (Å²) in [5.74, 6) is 0.328. The molecule has 3 aromatic rings. The molecular formula is C34H37NO6S. The summed E-state index contributed by atoms with van der Waals surface area (Å²) in [6, 6.07) is 20.8. The number of esters is 1. The number of hydroxylamine groups is 1. The largest absolute Gasteiger partial charge is 0.533 e. The summed E-state index contributed by atoms with van der Waals surface area (Å²) in [5, 5.41) is 0. The highest BCUT2D eigenvalue weighted by molar-refractivity contribution is 7.99. The van der Waals surface area contributed by atoms with E-state index in [1.54, 1.807) is 11.8 Å². The SMILES string of the molecule is Cc1ccc(SCC(C)C2CC(OC(=O)ON[C@H](C=O)Cc3ccccc3)=C(c3c(C)cc(C)cc3C)C(=O)O2)cc1. The Morgan fingerprint density at radius 2 is 1.69 bits per heavy atom. The van der Waals surface area contributed by atoms with Crippen LogP contribution in [0.5, 0.6) is 0 Å². The first kappa shape index (κ1) is 31.1. The predicted octanol–water partition coefficient (Wildman–Crippen LogP) is 6.84. The third-order valence-electron chi connectivity index (χ3n) is 7.19. The molecule has 1 aliphatic heterocycles. The van der Waals surface area contributed by atoms with Gasteiger partial charge < -0.3 is 19.1 Å². The van der Waals surface area contributed by atoms with Crippen molar-refractivity contribution in [3.05, 3.63) is 106 Å². The van der Waals surface area contributed by atoms with E-state index >= 15 is 0 Å². The second kappa shape index (κ2) is 14.3. The first-order valence-electron chi connectivity index (χ1n) is 14.0. The predicted molar refractivity (Wildman–Crippen MR) is 164 cm³/mol. The molecule has 7 nitrogen and oxygen atoms in total. The Bertz CT molecular complexity index is 1430. The third kappa shape index (κ3) is 8.11. The van der Waals surface area contributed by atoms with Crippen LogP contribution in [-0.2, 0) is 30.3 Å². The molecule has 1 aliphatic rings. The normalized spacial score (nSPS) is 16.4. The number of thioether (sulfide) groups is 1. The van der Waals surface area contributed by atoms with Crippen molar-refractivity contribution in [2.24, 2.45) is 5.92 Å². The van der Waals surface area contributed by atoms with E-state index in [1.165, 1.54) is 5.56 Å². The highest BCUT2D eigenvalue weighted by Crippen LogP contribution is 2.37. The Balaban J connectivity index is 1.53. The van der Waals surface area contributed by atoms with E-state index in [-0.39, 0.29) is 23.7 Å². The number of carbonyl (C=O) groups excluding carboxylic acids is 3. The number of hydrogen-bond acceptors (Lipinski definition) is 8. The molecule has 0 aromatic heterocycles. The van der Waals surface area contributed by atoms with Crippen LogP contribution >= 0.6 is 11.8 Å². The summed E-state index contributed by atoms with van der Waals surface area (Å²) in [4.78, 5) is 44.3. The minimum atomic E-state index is -1.06. The molecule has 0 saturated heterocycles. The fourth-order valence-electron chi connectivity index (χ4n) is 5.06. The molecule has 0 radical (unpaired) electrons. The van der Waals surface area contributed by atoms with Crippen LogP contribution in [-0.4, -0.2) is 36.3 Å². The summed E-state index contributed by atoms with van der Waals surface area (Å²) in [6.45, 7) is 9.88. The van der Waals surface area contributed by atoms with Gasteiger partial charge in [-0.3, -0.25) is 0 Å². The lowest BCUT2D eigenvalue weighted by atomic mass is 9.89. The van der Waals surface area contributed by atoms with E-state index in [1.807, 2.05) is 77.1 Å². The lowest BCUT2D eigenvalue weighted by Crippen LogP contribution is -2.36. The summed E-state index contributed by atoms with van der Waals surface area (Å²) in [6.07, 6.45) is -0.343. The molecule has 1 N–H and O–H groups in total. The van der Waals surface area contributed by atoms with E-state index < -0.39 is 24.3 Å². The van der Waals surface area contributed by atoms with Crippen LogP contribution in [0.2, 0.25) is 0 Å². The van der Waals surface area contributed by atoms with Gasteiger partial charge in [-0.2, -0.15) is 0 Å². The molecule has 3 atom stereocenters. The maximum atomic E-state index is 13.5. The number of nitrogens with one attached hydrogen (secondary N) is 1. The van der Waals surface area contributed by atoms with Crippen molar-refractivity contribution in [1.82, 2.24) is 5.48 Å². The fraction of sp³-hybridized carbons (Fsp3) is 0.324. The van der Waals surface area contributed by atoms with Gasteiger partial charge in [0.05, 0.1) is 0 Å². The van der Waals surface area contributed by atoms with Crippen LogP contribution in [0.1, 0.15) is 46.7 Å². The van der Waals surface area contributed by atoms with Crippen molar-refractivity contribution in [2.75, 3.05) is 5.75 Å². The Morgan fingerprint density at radius 3 is 2.33 bits per heavy atom. The van der Waals surface area contributed by atoms with Crippen LogP contribution in [0.25, 0.3) is 5.57 Å². The standard InChI is InChI=1S/C34H37NO6S/c1-21-11-13-28(14-12-21)42-20-25(5)29-18-30(32(33(37)39-29)31-23(3)15-22(2)16-24(31)4)40-34(38)41-35-27(19-36)17-26-9-7-6-8-10-26/h6-16,19,25,27,29,35H,17-18,20H2,1-5H3/t25?,27-,29?/m0/s1.